The van der Waals surface area contributed by atoms with Crippen LogP contribution in [0.15, 0.2) is 50.4 Å². The summed E-state index contributed by atoms with van der Waals surface area (Å²) in [6.45, 7) is 4.87. The molecule has 1 N–H and O–H groups in total. The van der Waals surface area contributed by atoms with Gasteiger partial charge in [-0.05, 0) is 66.2 Å². The second-order valence-electron chi connectivity index (χ2n) is 5.90. The number of fused-ring (bicyclic) bond motifs is 1. The molecule has 0 saturated carbocycles. The Hall–Kier alpha value is -3.00. The Balaban J connectivity index is 1.74. The van der Waals surface area contributed by atoms with Crippen LogP contribution in [0.4, 0.5) is 0 Å². The van der Waals surface area contributed by atoms with Gasteiger partial charge in [0.25, 0.3) is 0 Å². The SMILES string of the molecule is CCOc1ccc2oc(C(=O)N/N=C/c3cc(OCC)c(OC)cc3Br)cc2c1. The van der Waals surface area contributed by atoms with Gasteiger partial charge in [-0.2, -0.15) is 5.10 Å². The van der Waals surface area contributed by atoms with Crippen molar-refractivity contribution in [2.24, 2.45) is 5.10 Å². The summed E-state index contributed by atoms with van der Waals surface area (Å²) in [4.78, 5) is 12.4. The highest BCUT2D eigenvalue weighted by Crippen LogP contribution is 2.33. The molecular weight excluding hydrogens is 440 g/mol. The molecule has 1 aromatic heterocycles. The maximum Gasteiger partial charge on any atom is 0.307 e. The van der Waals surface area contributed by atoms with Crippen LogP contribution in [0.1, 0.15) is 30.0 Å². The number of benzene rings is 2. The van der Waals surface area contributed by atoms with Crippen molar-refractivity contribution in [3.8, 4) is 17.2 Å². The molecule has 3 rings (SSSR count). The maximum absolute atomic E-state index is 12.4. The number of methoxy groups -OCH3 is 1. The molecule has 0 spiro atoms. The number of furan rings is 1. The lowest BCUT2D eigenvalue weighted by atomic mass is 10.2. The molecule has 2 aromatic carbocycles. The van der Waals surface area contributed by atoms with Gasteiger partial charge < -0.3 is 18.6 Å². The predicted octanol–water partition coefficient (Wildman–Crippen LogP) is 4.77. The summed E-state index contributed by atoms with van der Waals surface area (Å²) < 4.78 is 22.7. The van der Waals surface area contributed by atoms with Crippen LogP contribution in [0, 0.1) is 0 Å². The van der Waals surface area contributed by atoms with E-state index in [1.54, 1.807) is 37.4 Å². The molecule has 0 aliphatic rings. The zero-order valence-corrected chi connectivity index (χ0v) is 17.9. The van der Waals surface area contributed by atoms with Crippen molar-refractivity contribution in [2.45, 2.75) is 13.8 Å². The second kappa shape index (κ2) is 9.47. The Morgan fingerprint density at radius 2 is 1.93 bits per heavy atom. The second-order valence-corrected chi connectivity index (χ2v) is 6.75. The van der Waals surface area contributed by atoms with Crippen molar-refractivity contribution in [1.29, 1.82) is 0 Å². The van der Waals surface area contributed by atoms with Crippen molar-refractivity contribution in [1.82, 2.24) is 5.43 Å². The Labute approximate surface area is 176 Å². The third-order valence-electron chi connectivity index (χ3n) is 3.98. The third-order valence-corrected chi connectivity index (χ3v) is 4.66. The summed E-state index contributed by atoms with van der Waals surface area (Å²) >= 11 is 3.46. The van der Waals surface area contributed by atoms with Crippen LogP contribution in [0.5, 0.6) is 17.2 Å². The minimum absolute atomic E-state index is 0.162. The molecule has 7 nitrogen and oxygen atoms in total. The lowest BCUT2D eigenvalue weighted by molar-refractivity contribution is 0.0929. The van der Waals surface area contributed by atoms with Crippen molar-refractivity contribution >= 4 is 39.0 Å². The van der Waals surface area contributed by atoms with Crippen molar-refractivity contribution in [3.05, 3.63) is 52.2 Å². The molecule has 0 radical (unpaired) electrons. The van der Waals surface area contributed by atoms with E-state index < -0.39 is 5.91 Å². The summed E-state index contributed by atoms with van der Waals surface area (Å²) in [5, 5.41) is 4.80. The largest absolute Gasteiger partial charge is 0.494 e. The zero-order chi connectivity index (χ0) is 20.8. The quantitative estimate of drug-likeness (QED) is 0.386. The molecule has 0 unspecified atom stereocenters. The molecule has 0 bridgehead atoms. The Kier molecular flexibility index (Phi) is 6.77. The van der Waals surface area contributed by atoms with Gasteiger partial charge in [0, 0.05) is 15.4 Å². The number of carbonyl (C=O) groups excluding carboxylic acids is 1. The van der Waals surface area contributed by atoms with Crippen LogP contribution < -0.4 is 19.6 Å². The van der Waals surface area contributed by atoms with E-state index in [2.05, 4.69) is 26.5 Å². The highest BCUT2D eigenvalue weighted by Gasteiger charge is 2.13. The van der Waals surface area contributed by atoms with Gasteiger partial charge in [-0.25, -0.2) is 5.43 Å². The number of hydrazone groups is 1. The molecule has 1 amide bonds. The number of ether oxygens (including phenoxy) is 3. The number of hydrogen-bond acceptors (Lipinski definition) is 6. The molecule has 152 valence electrons. The minimum Gasteiger partial charge on any atom is -0.494 e. The summed E-state index contributed by atoms with van der Waals surface area (Å²) in [5.74, 6) is 1.63. The van der Waals surface area contributed by atoms with E-state index in [9.17, 15) is 4.79 Å². The number of halogens is 1. The van der Waals surface area contributed by atoms with Gasteiger partial charge in [0.15, 0.2) is 17.3 Å². The first-order chi connectivity index (χ1) is 14.0. The van der Waals surface area contributed by atoms with Gasteiger partial charge in [0.2, 0.25) is 0 Å². The number of hydrogen-bond donors (Lipinski definition) is 1. The first kappa shape index (κ1) is 20.7. The minimum atomic E-state index is -0.454. The standard InChI is InChI=1S/C21H21BrN2O5/c1-4-27-15-6-7-17-13(8-15)9-20(29-17)21(25)24-23-12-14-10-19(28-5-2)18(26-3)11-16(14)22/h6-12H,4-5H2,1-3H3,(H,24,25)/b23-12+. The fraction of sp³-hybridized carbons (Fsp3) is 0.238. The fourth-order valence-corrected chi connectivity index (χ4v) is 3.11. The van der Waals surface area contributed by atoms with Crippen molar-refractivity contribution < 1.29 is 23.4 Å². The first-order valence-electron chi connectivity index (χ1n) is 9.05. The molecule has 0 aliphatic carbocycles. The average molecular weight is 461 g/mol. The molecule has 1 heterocycles. The Morgan fingerprint density at radius 3 is 2.66 bits per heavy atom. The van der Waals surface area contributed by atoms with Gasteiger partial charge in [0.05, 0.1) is 26.5 Å². The van der Waals surface area contributed by atoms with Crippen molar-refractivity contribution in [3.63, 3.8) is 0 Å². The number of nitrogens with one attached hydrogen (secondary N) is 1. The average Bonchev–Trinajstić information content (AvgIpc) is 3.14. The number of nitrogens with zero attached hydrogens (tertiary/aromatic N) is 1. The summed E-state index contributed by atoms with van der Waals surface area (Å²) in [5.41, 5.74) is 3.79. The molecule has 3 aromatic rings. The molecule has 0 saturated heterocycles. The van der Waals surface area contributed by atoms with E-state index in [-0.39, 0.29) is 5.76 Å². The first-order valence-corrected chi connectivity index (χ1v) is 9.85. The van der Waals surface area contributed by atoms with E-state index in [1.807, 2.05) is 19.9 Å². The van der Waals surface area contributed by atoms with Gasteiger partial charge in [-0.15, -0.1) is 0 Å². The van der Waals surface area contributed by atoms with E-state index in [0.717, 1.165) is 21.2 Å². The third kappa shape index (κ3) is 4.89. The van der Waals surface area contributed by atoms with E-state index in [0.29, 0.717) is 30.3 Å². The van der Waals surface area contributed by atoms with Crippen LogP contribution in [-0.4, -0.2) is 32.4 Å². The van der Waals surface area contributed by atoms with E-state index in [4.69, 9.17) is 18.6 Å². The number of amides is 1. The topological polar surface area (TPSA) is 82.3 Å². The summed E-state index contributed by atoms with van der Waals surface area (Å²) in [7, 11) is 1.57. The predicted molar refractivity (Wildman–Crippen MR) is 114 cm³/mol. The van der Waals surface area contributed by atoms with Crippen molar-refractivity contribution in [2.75, 3.05) is 20.3 Å². The molecule has 0 aliphatic heterocycles. The van der Waals surface area contributed by atoms with Gasteiger partial charge >= 0.3 is 5.91 Å². The Morgan fingerprint density at radius 1 is 1.14 bits per heavy atom. The molecule has 0 atom stereocenters. The highest BCUT2D eigenvalue weighted by atomic mass is 79.9. The molecule has 0 fully saturated rings. The van der Waals surface area contributed by atoms with Gasteiger partial charge in [-0.1, -0.05) is 0 Å². The maximum atomic E-state index is 12.4. The highest BCUT2D eigenvalue weighted by molar-refractivity contribution is 9.10. The molecule has 29 heavy (non-hydrogen) atoms. The van der Waals surface area contributed by atoms with Crippen LogP contribution in [0.3, 0.4) is 0 Å². The normalized spacial score (nSPS) is 11.0. The van der Waals surface area contributed by atoms with Gasteiger partial charge in [-0.3, -0.25) is 4.79 Å². The zero-order valence-electron chi connectivity index (χ0n) is 16.3. The Bertz CT molecular complexity index is 1040. The smallest absolute Gasteiger partial charge is 0.307 e. The monoisotopic (exact) mass is 460 g/mol. The van der Waals surface area contributed by atoms with Crippen LogP contribution in [0.25, 0.3) is 11.0 Å². The van der Waals surface area contributed by atoms with E-state index >= 15 is 0 Å². The molecule has 8 heteroatoms. The van der Waals surface area contributed by atoms with Gasteiger partial charge in [0.1, 0.15) is 11.3 Å². The molecular formula is C21H21BrN2O5. The van der Waals surface area contributed by atoms with E-state index in [1.165, 1.54) is 6.21 Å². The number of carbonyl (C=O) groups is 1. The number of rotatable bonds is 8. The van der Waals surface area contributed by atoms with Crippen LogP contribution >= 0.6 is 15.9 Å². The summed E-state index contributed by atoms with van der Waals surface area (Å²) in [6.07, 6.45) is 1.51. The lowest BCUT2D eigenvalue weighted by Gasteiger charge is -2.11. The summed E-state index contributed by atoms with van der Waals surface area (Å²) in [6, 6.07) is 10.6. The lowest BCUT2D eigenvalue weighted by Crippen LogP contribution is -2.16. The van der Waals surface area contributed by atoms with Crippen LogP contribution in [-0.2, 0) is 0 Å². The fourth-order valence-electron chi connectivity index (χ4n) is 2.68. The van der Waals surface area contributed by atoms with Crippen LogP contribution in [0.2, 0.25) is 0 Å².